The number of benzene rings is 1. The maximum Gasteiger partial charge on any atom is 0.222 e. The van der Waals surface area contributed by atoms with Gasteiger partial charge in [0.05, 0.1) is 6.10 Å². The summed E-state index contributed by atoms with van der Waals surface area (Å²) in [6.45, 7) is 2.62. The van der Waals surface area contributed by atoms with Gasteiger partial charge in [-0.25, -0.2) is 0 Å². The van der Waals surface area contributed by atoms with Gasteiger partial charge >= 0.3 is 0 Å². The van der Waals surface area contributed by atoms with Crippen molar-refractivity contribution in [1.82, 2.24) is 9.80 Å². The number of amides is 1. The summed E-state index contributed by atoms with van der Waals surface area (Å²) in [6, 6.07) is 8.48. The first kappa shape index (κ1) is 16.3. The van der Waals surface area contributed by atoms with E-state index in [9.17, 15) is 9.90 Å². The molecule has 1 aliphatic rings. The molecule has 1 aromatic carbocycles. The maximum atomic E-state index is 11.5. The number of carbonyl (C=O) groups excluding carboxylic acids is 1. The van der Waals surface area contributed by atoms with Crippen LogP contribution in [0.1, 0.15) is 18.4 Å². The number of aliphatic hydroxyl groups excluding tert-OH is 1. The van der Waals surface area contributed by atoms with Crippen LogP contribution in [-0.4, -0.2) is 59.9 Å². The van der Waals surface area contributed by atoms with Crippen LogP contribution in [0.5, 0.6) is 0 Å². The standard InChI is InChI=1S/C16H24N2O2S/c1-17(10-13-5-7-15(21-2)8-6-13)11-14(19)12-18-9-3-4-16(18)20/h5-8,14,19H,3-4,9-12H2,1-2H3. The Labute approximate surface area is 131 Å². The third kappa shape index (κ3) is 5.02. The van der Waals surface area contributed by atoms with Gasteiger partial charge in [0, 0.05) is 37.5 Å². The number of aliphatic hydroxyl groups is 1. The van der Waals surface area contributed by atoms with Gasteiger partial charge in [0.15, 0.2) is 0 Å². The van der Waals surface area contributed by atoms with Gasteiger partial charge in [-0.1, -0.05) is 12.1 Å². The number of carbonyl (C=O) groups is 1. The van der Waals surface area contributed by atoms with Gasteiger partial charge in [-0.3, -0.25) is 9.69 Å². The van der Waals surface area contributed by atoms with E-state index >= 15 is 0 Å². The minimum atomic E-state index is -0.484. The number of likely N-dealkylation sites (tertiary alicyclic amines) is 1. The molecule has 0 saturated carbocycles. The van der Waals surface area contributed by atoms with Crippen LogP contribution in [0.4, 0.5) is 0 Å². The van der Waals surface area contributed by atoms with E-state index < -0.39 is 6.10 Å². The number of nitrogens with zero attached hydrogens (tertiary/aromatic N) is 2. The largest absolute Gasteiger partial charge is 0.390 e. The number of hydrogen-bond donors (Lipinski definition) is 1. The van der Waals surface area contributed by atoms with Crippen LogP contribution in [-0.2, 0) is 11.3 Å². The van der Waals surface area contributed by atoms with Gasteiger partial charge in [0.2, 0.25) is 5.91 Å². The molecule has 1 aromatic rings. The maximum absolute atomic E-state index is 11.5. The lowest BCUT2D eigenvalue weighted by molar-refractivity contribution is -0.129. The highest BCUT2D eigenvalue weighted by molar-refractivity contribution is 7.98. The Kier molecular flexibility index (Phi) is 6.08. The van der Waals surface area contributed by atoms with E-state index in [0.717, 1.165) is 19.5 Å². The zero-order valence-electron chi connectivity index (χ0n) is 12.8. The third-order valence-corrected chi connectivity index (χ3v) is 4.48. The van der Waals surface area contributed by atoms with Crippen molar-refractivity contribution in [2.75, 3.05) is 32.9 Å². The summed E-state index contributed by atoms with van der Waals surface area (Å²) >= 11 is 1.73. The van der Waals surface area contributed by atoms with E-state index in [0.29, 0.717) is 19.5 Å². The molecule has 1 saturated heterocycles. The average molecular weight is 308 g/mol. The van der Waals surface area contributed by atoms with Gasteiger partial charge in [-0.05, 0) is 37.4 Å². The van der Waals surface area contributed by atoms with Crippen LogP contribution in [0.25, 0.3) is 0 Å². The Bertz CT molecular complexity index is 464. The molecule has 5 heteroatoms. The normalized spacial score (nSPS) is 16.8. The predicted molar refractivity (Wildman–Crippen MR) is 86.4 cm³/mol. The predicted octanol–water partition coefficient (Wildman–Crippen LogP) is 1.82. The van der Waals surface area contributed by atoms with Crippen LogP contribution < -0.4 is 0 Å². The molecule has 0 aromatic heterocycles. The van der Waals surface area contributed by atoms with E-state index in [1.807, 2.05) is 7.05 Å². The molecule has 21 heavy (non-hydrogen) atoms. The Morgan fingerprint density at radius 2 is 2.10 bits per heavy atom. The van der Waals surface area contributed by atoms with Crippen LogP contribution in [0.2, 0.25) is 0 Å². The fraction of sp³-hybridized carbons (Fsp3) is 0.562. The second kappa shape index (κ2) is 7.82. The van der Waals surface area contributed by atoms with Crippen molar-refractivity contribution < 1.29 is 9.90 Å². The molecule has 1 amide bonds. The van der Waals surface area contributed by atoms with Crippen molar-refractivity contribution in [3.05, 3.63) is 29.8 Å². The third-order valence-electron chi connectivity index (χ3n) is 3.74. The highest BCUT2D eigenvalue weighted by Gasteiger charge is 2.22. The summed E-state index contributed by atoms with van der Waals surface area (Å²) in [5.41, 5.74) is 1.24. The first-order valence-corrected chi connectivity index (χ1v) is 8.58. The van der Waals surface area contributed by atoms with Crippen molar-refractivity contribution in [1.29, 1.82) is 0 Å². The average Bonchev–Trinajstić information content (AvgIpc) is 2.84. The molecule has 1 N–H and O–H groups in total. The molecule has 1 aliphatic heterocycles. The van der Waals surface area contributed by atoms with E-state index in [4.69, 9.17) is 0 Å². The lowest BCUT2D eigenvalue weighted by atomic mass is 10.2. The Morgan fingerprint density at radius 3 is 2.67 bits per heavy atom. The summed E-state index contributed by atoms with van der Waals surface area (Å²) in [7, 11) is 2.00. The van der Waals surface area contributed by atoms with E-state index in [1.165, 1.54) is 10.5 Å². The van der Waals surface area contributed by atoms with Crippen LogP contribution in [0.3, 0.4) is 0 Å². The zero-order chi connectivity index (χ0) is 15.2. The second-order valence-electron chi connectivity index (χ2n) is 5.64. The van der Waals surface area contributed by atoms with Crippen molar-refractivity contribution in [2.45, 2.75) is 30.4 Å². The van der Waals surface area contributed by atoms with Gasteiger partial charge in [-0.15, -0.1) is 11.8 Å². The summed E-state index contributed by atoms with van der Waals surface area (Å²) < 4.78 is 0. The van der Waals surface area contributed by atoms with Crippen molar-refractivity contribution in [2.24, 2.45) is 0 Å². The molecular weight excluding hydrogens is 284 g/mol. The van der Waals surface area contributed by atoms with Crippen molar-refractivity contribution in [3.8, 4) is 0 Å². The molecule has 2 rings (SSSR count). The highest BCUT2D eigenvalue weighted by Crippen LogP contribution is 2.16. The summed E-state index contributed by atoms with van der Waals surface area (Å²) in [6.07, 6.45) is 3.13. The van der Waals surface area contributed by atoms with Crippen LogP contribution in [0, 0.1) is 0 Å². The highest BCUT2D eigenvalue weighted by atomic mass is 32.2. The number of likely N-dealkylation sites (N-methyl/N-ethyl adjacent to an activating group) is 1. The molecule has 0 aliphatic carbocycles. The van der Waals surface area contributed by atoms with Crippen LogP contribution in [0.15, 0.2) is 29.2 Å². The topological polar surface area (TPSA) is 43.8 Å². The Morgan fingerprint density at radius 1 is 1.38 bits per heavy atom. The molecule has 116 valence electrons. The zero-order valence-corrected chi connectivity index (χ0v) is 13.6. The first-order chi connectivity index (χ1) is 10.1. The fourth-order valence-corrected chi connectivity index (χ4v) is 3.08. The first-order valence-electron chi connectivity index (χ1n) is 7.36. The lowest BCUT2D eigenvalue weighted by Gasteiger charge is -2.24. The minimum absolute atomic E-state index is 0.171. The number of hydrogen-bond acceptors (Lipinski definition) is 4. The smallest absolute Gasteiger partial charge is 0.222 e. The molecule has 1 unspecified atom stereocenters. The molecule has 1 fully saturated rings. The van der Waals surface area contributed by atoms with Gasteiger partial charge in [0.25, 0.3) is 0 Å². The molecule has 1 atom stereocenters. The molecule has 0 radical (unpaired) electrons. The second-order valence-corrected chi connectivity index (χ2v) is 6.52. The number of rotatable bonds is 7. The monoisotopic (exact) mass is 308 g/mol. The molecule has 0 spiro atoms. The lowest BCUT2D eigenvalue weighted by Crippen LogP contribution is -2.39. The fourth-order valence-electron chi connectivity index (χ4n) is 2.68. The van der Waals surface area contributed by atoms with E-state index in [-0.39, 0.29) is 5.91 Å². The van der Waals surface area contributed by atoms with Gasteiger partial charge in [0.1, 0.15) is 0 Å². The van der Waals surface area contributed by atoms with E-state index in [2.05, 4.69) is 35.4 Å². The molecular formula is C16H24N2O2S. The molecule has 1 heterocycles. The number of thioether (sulfide) groups is 1. The van der Waals surface area contributed by atoms with Crippen LogP contribution >= 0.6 is 11.8 Å². The minimum Gasteiger partial charge on any atom is -0.390 e. The van der Waals surface area contributed by atoms with E-state index in [1.54, 1.807) is 16.7 Å². The van der Waals surface area contributed by atoms with Gasteiger partial charge < -0.3 is 10.0 Å². The summed E-state index contributed by atoms with van der Waals surface area (Å²) in [5, 5.41) is 10.1. The Hall–Kier alpha value is -1.04. The summed E-state index contributed by atoms with van der Waals surface area (Å²) in [4.78, 5) is 16.7. The van der Waals surface area contributed by atoms with Crippen molar-refractivity contribution >= 4 is 17.7 Å². The number of β-amino-alcohol motifs (C(OH)–C–C–N with tert-alkyl or cyclic N) is 1. The SMILES string of the molecule is CSc1ccc(CN(C)CC(O)CN2CCCC2=O)cc1. The summed E-state index contributed by atoms with van der Waals surface area (Å²) in [5.74, 6) is 0.171. The van der Waals surface area contributed by atoms with Crippen molar-refractivity contribution in [3.63, 3.8) is 0 Å². The molecule has 4 nitrogen and oxygen atoms in total. The Balaban J connectivity index is 1.77. The quantitative estimate of drug-likeness (QED) is 0.781. The van der Waals surface area contributed by atoms with Gasteiger partial charge in [-0.2, -0.15) is 0 Å². The molecule has 0 bridgehead atoms.